The van der Waals surface area contributed by atoms with Gasteiger partial charge in [0.05, 0.1) is 18.4 Å². The van der Waals surface area contributed by atoms with E-state index in [1.807, 2.05) is 13.8 Å². The Kier molecular flexibility index (Phi) is 6.51. The Morgan fingerprint density at radius 3 is 2.47 bits per heavy atom. The molecule has 0 atom stereocenters. The van der Waals surface area contributed by atoms with Crippen molar-refractivity contribution in [2.75, 3.05) is 7.11 Å². The first-order chi connectivity index (χ1) is 7.29. The van der Waals surface area contributed by atoms with Gasteiger partial charge in [-0.05, 0) is 12.1 Å². The SMILES string of the molecule is CC.COC(=O)c1ccccc1N=C=O. The van der Waals surface area contributed by atoms with Crippen LogP contribution in [0.2, 0.25) is 0 Å². The lowest BCUT2D eigenvalue weighted by Crippen LogP contribution is -2.00. The number of hydrogen-bond acceptors (Lipinski definition) is 4. The molecule has 0 saturated heterocycles. The Labute approximate surface area is 88.6 Å². The maximum absolute atomic E-state index is 11.1. The number of esters is 1. The summed E-state index contributed by atoms with van der Waals surface area (Å²) >= 11 is 0. The van der Waals surface area contributed by atoms with Gasteiger partial charge in [0, 0.05) is 0 Å². The van der Waals surface area contributed by atoms with Crippen molar-refractivity contribution in [1.29, 1.82) is 0 Å². The van der Waals surface area contributed by atoms with Crippen molar-refractivity contribution in [2.24, 2.45) is 4.99 Å². The van der Waals surface area contributed by atoms with Gasteiger partial charge in [0.1, 0.15) is 0 Å². The summed E-state index contributed by atoms with van der Waals surface area (Å²) in [6.45, 7) is 4.00. The highest BCUT2D eigenvalue weighted by Gasteiger charge is 2.09. The van der Waals surface area contributed by atoms with E-state index in [1.165, 1.54) is 25.3 Å². The number of rotatable bonds is 2. The zero-order valence-corrected chi connectivity index (χ0v) is 8.98. The van der Waals surface area contributed by atoms with Crippen molar-refractivity contribution >= 4 is 17.7 Å². The molecule has 0 aliphatic rings. The molecule has 0 saturated carbocycles. The van der Waals surface area contributed by atoms with E-state index >= 15 is 0 Å². The van der Waals surface area contributed by atoms with Gasteiger partial charge in [0.25, 0.3) is 0 Å². The standard InChI is InChI=1S/C9H7NO3.C2H6/c1-13-9(12)7-4-2-3-5-8(7)10-6-11;1-2/h2-5H,1H3;1-2H3. The van der Waals surface area contributed by atoms with Crippen LogP contribution in [0.5, 0.6) is 0 Å². The third kappa shape index (κ3) is 3.75. The fourth-order valence-corrected chi connectivity index (χ4v) is 0.903. The van der Waals surface area contributed by atoms with Gasteiger partial charge < -0.3 is 4.74 Å². The molecule has 0 aromatic heterocycles. The summed E-state index contributed by atoms with van der Waals surface area (Å²) in [7, 11) is 1.27. The van der Waals surface area contributed by atoms with E-state index in [0.29, 0.717) is 0 Å². The molecule has 4 heteroatoms. The average Bonchev–Trinajstić information content (AvgIpc) is 2.32. The Morgan fingerprint density at radius 1 is 1.33 bits per heavy atom. The van der Waals surface area contributed by atoms with Gasteiger partial charge in [-0.3, -0.25) is 0 Å². The number of nitrogens with zero attached hydrogens (tertiary/aromatic N) is 1. The van der Waals surface area contributed by atoms with Gasteiger partial charge in [0.15, 0.2) is 0 Å². The lowest BCUT2D eigenvalue weighted by molar-refractivity contribution is 0.0602. The topological polar surface area (TPSA) is 55.7 Å². The van der Waals surface area contributed by atoms with Crippen LogP contribution < -0.4 is 0 Å². The molecule has 0 radical (unpaired) electrons. The van der Waals surface area contributed by atoms with Crippen molar-refractivity contribution in [1.82, 2.24) is 0 Å². The second-order valence-corrected chi connectivity index (χ2v) is 2.21. The van der Waals surface area contributed by atoms with E-state index in [0.717, 1.165) is 0 Å². The van der Waals surface area contributed by atoms with Crippen LogP contribution in [0, 0.1) is 0 Å². The van der Waals surface area contributed by atoms with Crippen molar-refractivity contribution in [2.45, 2.75) is 13.8 Å². The van der Waals surface area contributed by atoms with E-state index in [-0.39, 0.29) is 11.3 Å². The van der Waals surface area contributed by atoms with E-state index in [9.17, 15) is 9.59 Å². The minimum atomic E-state index is -0.519. The number of hydrogen-bond donors (Lipinski definition) is 0. The molecule has 1 aromatic carbocycles. The molecule has 1 aromatic rings. The molecular formula is C11H13NO3. The quantitative estimate of drug-likeness (QED) is 0.425. The van der Waals surface area contributed by atoms with Crippen LogP contribution in [0.1, 0.15) is 24.2 Å². The zero-order chi connectivity index (χ0) is 11.7. The first kappa shape index (κ1) is 13.1. The fraction of sp³-hybridized carbons (Fsp3) is 0.273. The van der Waals surface area contributed by atoms with Crippen molar-refractivity contribution in [3.05, 3.63) is 29.8 Å². The van der Waals surface area contributed by atoms with E-state index in [4.69, 9.17) is 0 Å². The van der Waals surface area contributed by atoms with Crippen molar-refractivity contribution < 1.29 is 14.3 Å². The molecule has 0 spiro atoms. The number of para-hydroxylation sites is 1. The van der Waals surface area contributed by atoms with E-state index in [1.54, 1.807) is 12.1 Å². The Balaban J connectivity index is 0.000000921. The van der Waals surface area contributed by atoms with Crippen LogP contribution in [0.4, 0.5) is 5.69 Å². The molecule has 4 nitrogen and oxygen atoms in total. The third-order valence-corrected chi connectivity index (χ3v) is 1.48. The normalized spacial score (nSPS) is 7.93. The number of isocyanates is 1. The maximum atomic E-state index is 11.1. The molecule has 0 unspecified atom stereocenters. The smallest absolute Gasteiger partial charge is 0.340 e. The summed E-state index contributed by atoms with van der Waals surface area (Å²) in [5.41, 5.74) is 0.526. The molecule has 1 rings (SSSR count). The molecule has 0 aliphatic carbocycles. The average molecular weight is 207 g/mol. The van der Waals surface area contributed by atoms with Gasteiger partial charge in [0.2, 0.25) is 6.08 Å². The summed E-state index contributed by atoms with van der Waals surface area (Å²) in [6, 6.07) is 6.40. The summed E-state index contributed by atoms with van der Waals surface area (Å²) in [5, 5.41) is 0. The molecule has 15 heavy (non-hydrogen) atoms. The Morgan fingerprint density at radius 2 is 1.93 bits per heavy atom. The largest absolute Gasteiger partial charge is 0.465 e. The van der Waals surface area contributed by atoms with Crippen LogP contribution in [0.3, 0.4) is 0 Å². The second kappa shape index (κ2) is 7.47. The highest BCUT2D eigenvalue weighted by Crippen LogP contribution is 2.18. The number of benzene rings is 1. The first-order valence-corrected chi connectivity index (χ1v) is 4.55. The van der Waals surface area contributed by atoms with Crippen LogP contribution in [0.15, 0.2) is 29.3 Å². The summed E-state index contributed by atoms with van der Waals surface area (Å²) in [4.78, 5) is 24.5. The number of carbonyl (C=O) groups excluding carboxylic acids is 2. The molecule has 0 aliphatic heterocycles. The van der Waals surface area contributed by atoms with Gasteiger partial charge >= 0.3 is 5.97 Å². The molecule has 0 bridgehead atoms. The predicted octanol–water partition coefficient (Wildman–Crippen LogP) is 2.47. The molecule has 80 valence electrons. The van der Waals surface area contributed by atoms with Crippen LogP contribution in [-0.2, 0) is 9.53 Å². The maximum Gasteiger partial charge on any atom is 0.340 e. The van der Waals surface area contributed by atoms with Gasteiger partial charge in [-0.2, -0.15) is 4.99 Å². The molecular weight excluding hydrogens is 194 g/mol. The highest BCUT2D eigenvalue weighted by molar-refractivity contribution is 5.95. The molecule has 0 N–H and O–H groups in total. The fourth-order valence-electron chi connectivity index (χ4n) is 0.903. The van der Waals surface area contributed by atoms with E-state index in [2.05, 4.69) is 9.73 Å². The number of aliphatic imine (C=N–C) groups is 1. The number of carbonyl (C=O) groups is 1. The minimum Gasteiger partial charge on any atom is -0.465 e. The second-order valence-electron chi connectivity index (χ2n) is 2.21. The van der Waals surface area contributed by atoms with Crippen LogP contribution in [-0.4, -0.2) is 19.2 Å². The lowest BCUT2D eigenvalue weighted by Gasteiger charge is -2.00. The first-order valence-electron chi connectivity index (χ1n) is 4.55. The number of ether oxygens (including phenoxy) is 1. The molecule has 0 fully saturated rings. The van der Waals surface area contributed by atoms with Crippen LogP contribution >= 0.6 is 0 Å². The highest BCUT2D eigenvalue weighted by atomic mass is 16.5. The van der Waals surface area contributed by atoms with Crippen molar-refractivity contribution in [3.8, 4) is 0 Å². The van der Waals surface area contributed by atoms with Crippen molar-refractivity contribution in [3.63, 3.8) is 0 Å². The Hall–Kier alpha value is -1.93. The lowest BCUT2D eigenvalue weighted by atomic mass is 10.2. The summed E-state index contributed by atoms with van der Waals surface area (Å²) in [6.07, 6.45) is 1.37. The van der Waals surface area contributed by atoms with Gasteiger partial charge in [-0.15, -0.1) is 0 Å². The van der Waals surface area contributed by atoms with Gasteiger partial charge in [-0.1, -0.05) is 26.0 Å². The van der Waals surface area contributed by atoms with Gasteiger partial charge in [-0.25, -0.2) is 9.59 Å². The predicted molar refractivity (Wildman–Crippen MR) is 56.9 cm³/mol. The number of methoxy groups -OCH3 is 1. The molecule has 0 heterocycles. The summed E-state index contributed by atoms with van der Waals surface area (Å²) in [5.74, 6) is -0.519. The zero-order valence-electron chi connectivity index (χ0n) is 8.98. The van der Waals surface area contributed by atoms with Crippen LogP contribution in [0.25, 0.3) is 0 Å². The van der Waals surface area contributed by atoms with E-state index < -0.39 is 5.97 Å². The summed E-state index contributed by atoms with van der Waals surface area (Å²) < 4.78 is 4.49. The monoisotopic (exact) mass is 207 g/mol. The third-order valence-electron chi connectivity index (χ3n) is 1.48. The molecule has 0 amide bonds. The minimum absolute atomic E-state index is 0.258. The Bertz CT molecular complexity index is 368.